The van der Waals surface area contributed by atoms with Crippen LogP contribution in [0.5, 0.6) is 11.5 Å². The Hall–Kier alpha value is -4.22. The number of nitrogens with one attached hydrogen (secondary N) is 1. The number of nitrogens with zero attached hydrogens (tertiary/aromatic N) is 2. The van der Waals surface area contributed by atoms with E-state index in [2.05, 4.69) is 5.32 Å². The fraction of sp³-hybridized carbons (Fsp3) is 0.200. The molecular weight excluding hydrogens is 476 g/mol. The average molecular weight is 497 g/mol. The van der Waals surface area contributed by atoms with Gasteiger partial charge in [-0.05, 0) is 29.8 Å². The summed E-state index contributed by atoms with van der Waals surface area (Å²) in [4.78, 5) is 27.0. The number of carbonyl (C=O) groups excluding carboxylic acids is 1. The summed E-state index contributed by atoms with van der Waals surface area (Å²) in [5, 5.41) is 33.5. The Bertz CT molecular complexity index is 1440. The van der Waals surface area contributed by atoms with Crippen molar-refractivity contribution in [2.75, 3.05) is 6.61 Å². The Morgan fingerprint density at radius 3 is 2.64 bits per heavy atom. The summed E-state index contributed by atoms with van der Waals surface area (Å²) in [6, 6.07) is 9.31. The summed E-state index contributed by atoms with van der Waals surface area (Å²) in [5.41, 5.74) is -0.141. The SMILES string of the molecule is O=C(NCc1ccc(F)cc1F)c1cn2c(c(O)c1=O)C(O)N1/C(=C/c3ccc(O)cc3)CO[C@@H]1C2. The normalized spacial score (nSPS) is 19.8. The van der Waals surface area contributed by atoms with Crippen LogP contribution < -0.4 is 10.7 Å². The van der Waals surface area contributed by atoms with Crippen LogP contribution in [0.25, 0.3) is 6.08 Å². The van der Waals surface area contributed by atoms with Gasteiger partial charge in [-0.2, -0.15) is 0 Å². The number of halogens is 2. The zero-order chi connectivity index (χ0) is 25.6. The van der Waals surface area contributed by atoms with E-state index in [1.807, 2.05) is 0 Å². The summed E-state index contributed by atoms with van der Waals surface area (Å²) >= 11 is 0. The molecule has 0 bridgehead atoms. The molecule has 5 rings (SSSR count). The van der Waals surface area contributed by atoms with Crippen molar-refractivity contribution >= 4 is 12.0 Å². The number of rotatable bonds is 4. The van der Waals surface area contributed by atoms with E-state index < -0.39 is 46.7 Å². The van der Waals surface area contributed by atoms with Crippen molar-refractivity contribution < 1.29 is 33.6 Å². The van der Waals surface area contributed by atoms with Gasteiger partial charge in [0, 0.05) is 30.1 Å². The van der Waals surface area contributed by atoms with Crippen LogP contribution in [0.4, 0.5) is 8.78 Å². The van der Waals surface area contributed by atoms with Crippen molar-refractivity contribution in [3.8, 4) is 11.5 Å². The molecular formula is C25H21F2N3O6. The van der Waals surface area contributed by atoms with Crippen molar-refractivity contribution in [1.29, 1.82) is 0 Å². The molecule has 0 radical (unpaired) electrons. The molecule has 186 valence electrons. The Morgan fingerprint density at radius 1 is 1.17 bits per heavy atom. The molecule has 3 heterocycles. The Labute approximate surface area is 203 Å². The smallest absolute Gasteiger partial charge is 0.257 e. The van der Waals surface area contributed by atoms with Crippen LogP contribution in [-0.4, -0.2) is 43.5 Å². The summed E-state index contributed by atoms with van der Waals surface area (Å²) < 4.78 is 34.1. The van der Waals surface area contributed by atoms with Gasteiger partial charge in [0.1, 0.15) is 28.6 Å². The van der Waals surface area contributed by atoms with E-state index in [0.717, 1.165) is 11.6 Å². The predicted octanol–water partition coefficient (Wildman–Crippen LogP) is 2.17. The Morgan fingerprint density at radius 2 is 1.92 bits per heavy atom. The molecule has 9 nitrogen and oxygen atoms in total. The van der Waals surface area contributed by atoms with E-state index in [9.17, 15) is 33.7 Å². The number of phenolic OH excluding ortho intramolecular Hbond substituents is 1. The molecule has 2 aliphatic rings. The molecule has 4 N–H and O–H groups in total. The molecule has 3 aromatic rings. The highest BCUT2D eigenvalue weighted by molar-refractivity contribution is 5.94. The van der Waals surface area contributed by atoms with Gasteiger partial charge in [-0.1, -0.05) is 18.2 Å². The maximum Gasteiger partial charge on any atom is 0.257 e. The molecule has 1 saturated heterocycles. The van der Waals surface area contributed by atoms with Gasteiger partial charge < -0.3 is 34.8 Å². The largest absolute Gasteiger partial charge is 0.508 e. The van der Waals surface area contributed by atoms with Crippen LogP contribution in [-0.2, 0) is 17.8 Å². The maximum absolute atomic E-state index is 13.9. The van der Waals surface area contributed by atoms with Gasteiger partial charge in [-0.15, -0.1) is 0 Å². The highest BCUT2D eigenvalue weighted by Gasteiger charge is 2.42. The third kappa shape index (κ3) is 4.18. The number of pyridine rings is 1. The lowest BCUT2D eigenvalue weighted by Gasteiger charge is -2.38. The zero-order valence-corrected chi connectivity index (χ0v) is 18.7. The number of aromatic hydroxyl groups is 2. The Balaban J connectivity index is 1.41. The van der Waals surface area contributed by atoms with E-state index in [1.165, 1.54) is 33.9 Å². The van der Waals surface area contributed by atoms with Crippen molar-refractivity contribution in [3.63, 3.8) is 0 Å². The summed E-state index contributed by atoms with van der Waals surface area (Å²) in [6.07, 6.45) is 0.887. The molecule has 0 saturated carbocycles. The lowest BCUT2D eigenvalue weighted by Crippen LogP contribution is -2.44. The van der Waals surface area contributed by atoms with Crippen LogP contribution in [0.2, 0.25) is 0 Å². The molecule has 0 aliphatic carbocycles. The lowest BCUT2D eigenvalue weighted by molar-refractivity contribution is -0.0881. The number of fused-ring (bicyclic) bond motifs is 2. The molecule has 1 unspecified atom stereocenters. The molecule has 36 heavy (non-hydrogen) atoms. The van der Waals surface area contributed by atoms with Gasteiger partial charge in [-0.3, -0.25) is 9.59 Å². The molecule has 11 heteroatoms. The van der Waals surface area contributed by atoms with E-state index in [4.69, 9.17) is 4.74 Å². The fourth-order valence-corrected chi connectivity index (χ4v) is 4.34. The minimum Gasteiger partial charge on any atom is -0.508 e. The number of hydrogen-bond donors (Lipinski definition) is 4. The number of aliphatic hydroxyl groups excluding tert-OH is 1. The van der Waals surface area contributed by atoms with Crippen molar-refractivity contribution in [2.45, 2.75) is 25.5 Å². The van der Waals surface area contributed by atoms with Crippen molar-refractivity contribution in [2.24, 2.45) is 0 Å². The van der Waals surface area contributed by atoms with E-state index in [1.54, 1.807) is 18.2 Å². The highest BCUT2D eigenvalue weighted by Crippen LogP contribution is 2.38. The molecule has 0 spiro atoms. The van der Waals surface area contributed by atoms with Crippen LogP contribution >= 0.6 is 0 Å². The van der Waals surface area contributed by atoms with Gasteiger partial charge in [0.2, 0.25) is 5.43 Å². The molecule has 1 aromatic heterocycles. The van der Waals surface area contributed by atoms with Crippen molar-refractivity contribution in [1.82, 2.24) is 14.8 Å². The number of aliphatic hydroxyl groups is 1. The number of phenols is 1. The number of carbonyl (C=O) groups is 1. The second kappa shape index (κ2) is 9.10. The summed E-state index contributed by atoms with van der Waals surface area (Å²) in [6.45, 7) is -0.0564. The van der Waals surface area contributed by atoms with Crippen LogP contribution in [0, 0.1) is 11.6 Å². The summed E-state index contributed by atoms with van der Waals surface area (Å²) in [5.74, 6) is -3.16. The van der Waals surface area contributed by atoms with Crippen molar-refractivity contribution in [3.05, 3.63) is 98.6 Å². The van der Waals surface area contributed by atoms with Crippen LogP contribution in [0.1, 0.15) is 33.4 Å². The van der Waals surface area contributed by atoms with Gasteiger partial charge in [0.15, 0.2) is 18.2 Å². The highest BCUT2D eigenvalue weighted by atomic mass is 19.1. The first-order valence-corrected chi connectivity index (χ1v) is 11.0. The molecule has 1 fully saturated rings. The number of ether oxygens (including phenoxy) is 1. The predicted molar refractivity (Wildman–Crippen MR) is 123 cm³/mol. The number of aromatic nitrogens is 1. The maximum atomic E-state index is 13.9. The first-order chi connectivity index (χ1) is 17.2. The lowest BCUT2D eigenvalue weighted by atomic mass is 10.1. The third-order valence-electron chi connectivity index (χ3n) is 6.15. The minimum absolute atomic E-state index is 0.0189. The first-order valence-electron chi connectivity index (χ1n) is 11.0. The summed E-state index contributed by atoms with van der Waals surface area (Å²) in [7, 11) is 0. The van der Waals surface area contributed by atoms with E-state index >= 15 is 0 Å². The Kier molecular flexibility index (Phi) is 5.94. The quantitative estimate of drug-likeness (QED) is 0.436. The number of hydrogen-bond acceptors (Lipinski definition) is 7. The van der Waals surface area contributed by atoms with Gasteiger partial charge in [0.25, 0.3) is 5.91 Å². The topological polar surface area (TPSA) is 124 Å². The van der Waals surface area contributed by atoms with E-state index in [-0.39, 0.29) is 36.7 Å². The average Bonchev–Trinajstić information content (AvgIpc) is 3.24. The molecule has 2 atom stereocenters. The number of amides is 1. The van der Waals surface area contributed by atoms with Gasteiger partial charge in [0.05, 0.1) is 13.2 Å². The van der Waals surface area contributed by atoms with Gasteiger partial charge >= 0.3 is 0 Å². The second-order valence-corrected chi connectivity index (χ2v) is 8.45. The van der Waals surface area contributed by atoms with Gasteiger partial charge in [-0.25, -0.2) is 8.78 Å². The molecule has 2 aromatic carbocycles. The van der Waals surface area contributed by atoms with Crippen LogP contribution in [0.3, 0.4) is 0 Å². The van der Waals surface area contributed by atoms with Crippen LogP contribution in [0.15, 0.2) is 59.2 Å². The molecule has 2 aliphatic heterocycles. The standard InChI is InChI=1S/C25H21F2N3O6/c26-15-4-3-14(19(27)8-15)9-28-24(34)18-10-29-11-20-30(25(35)21(29)23(33)22(18)32)16(12-36-20)7-13-1-5-17(31)6-2-13/h1-8,10,20,25,31,33,35H,9,11-12H2,(H,28,34)/b16-7+/t20-,25?/m1/s1. The van der Waals surface area contributed by atoms with E-state index in [0.29, 0.717) is 11.8 Å². The minimum atomic E-state index is -1.44. The fourth-order valence-electron chi connectivity index (χ4n) is 4.34. The number of benzene rings is 2. The third-order valence-corrected chi connectivity index (χ3v) is 6.15. The second-order valence-electron chi connectivity index (χ2n) is 8.45. The molecule has 1 amide bonds. The monoisotopic (exact) mass is 497 g/mol. The zero-order valence-electron chi connectivity index (χ0n) is 18.7. The first kappa shape index (κ1) is 23.5.